The molecule has 2 N–H and O–H groups in total. The minimum absolute atomic E-state index is 0.0396. The van der Waals surface area contributed by atoms with Crippen molar-refractivity contribution in [3.8, 4) is 0 Å². The maximum atomic E-state index is 11.2. The number of hydrogen-bond donors (Lipinski definition) is 2. The van der Waals surface area contributed by atoms with E-state index in [1.807, 2.05) is 12.1 Å². The minimum atomic E-state index is 0.0396. The van der Waals surface area contributed by atoms with Gasteiger partial charge in [-0.15, -0.1) is 0 Å². The SMILES string of the molecule is CCCNCc1c(Cl)cccc1N1CCC(NC(C)=O)C1. The number of carbonyl (C=O) groups excluding carboxylic acids is 1. The molecule has 0 spiro atoms. The van der Waals surface area contributed by atoms with Crippen LogP contribution in [0.3, 0.4) is 0 Å². The van der Waals surface area contributed by atoms with Gasteiger partial charge in [0.2, 0.25) is 5.91 Å². The summed E-state index contributed by atoms with van der Waals surface area (Å²) in [6.45, 7) is 7.29. The van der Waals surface area contributed by atoms with Crippen molar-refractivity contribution < 1.29 is 4.79 Å². The standard InChI is InChI=1S/C16H24ClN3O/c1-3-8-18-10-14-15(17)5-4-6-16(14)20-9-7-13(11-20)19-12(2)21/h4-6,13,18H,3,7-11H2,1-2H3,(H,19,21). The van der Waals surface area contributed by atoms with Crippen molar-refractivity contribution in [2.24, 2.45) is 0 Å². The molecule has 2 rings (SSSR count). The number of carbonyl (C=O) groups is 1. The average Bonchev–Trinajstić information content (AvgIpc) is 2.88. The first kappa shape index (κ1) is 16.1. The van der Waals surface area contributed by atoms with E-state index in [2.05, 4.69) is 28.5 Å². The van der Waals surface area contributed by atoms with Crippen LogP contribution in [0.1, 0.15) is 32.3 Å². The highest BCUT2D eigenvalue weighted by molar-refractivity contribution is 6.31. The van der Waals surface area contributed by atoms with Gasteiger partial charge in [0.15, 0.2) is 0 Å². The van der Waals surface area contributed by atoms with E-state index in [-0.39, 0.29) is 11.9 Å². The zero-order chi connectivity index (χ0) is 15.2. The van der Waals surface area contributed by atoms with Gasteiger partial charge in [0, 0.05) is 48.9 Å². The number of nitrogens with one attached hydrogen (secondary N) is 2. The van der Waals surface area contributed by atoms with Gasteiger partial charge in [-0.05, 0) is 31.5 Å². The second kappa shape index (κ2) is 7.66. The lowest BCUT2D eigenvalue weighted by Crippen LogP contribution is -2.35. The Morgan fingerprint density at radius 2 is 2.29 bits per heavy atom. The van der Waals surface area contributed by atoms with Crippen molar-refractivity contribution in [3.05, 3.63) is 28.8 Å². The molecule has 1 unspecified atom stereocenters. The number of benzene rings is 1. The van der Waals surface area contributed by atoms with Crippen LogP contribution in [0.25, 0.3) is 0 Å². The van der Waals surface area contributed by atoms with Crippen molar-refractivity contribution >= 4 is 23.2 Å². The summed E-state index contributed by atoms with van der Waals surface area (Å²) in [4.78, 5) is 13.5. The Bertz CT molecular complexity index is 492. The van der Waals surface area contributed by atoms with Crippen LogP contribution in [-0.4, -0.2) is 31.6 Å². The smallest absolute Gasteiger partial charge is 0.217 e. The molecule has 0 bridgehead atoms. The third-order valence-corrected chi connectivity index (χ3v) is 4.11. The van der Waals surface area contributed by atoms with E-state index in [9.17, 15) is 4.79 Å². The molecule has 1 atom stereocenters. The zero-order valence-corrected chi connectivity index (χ0v) is 13.5. The Morgan fingerprint density at radius 1 is 1.48 bits per heavy atom. The van der Waals surface area contributed by atoms with Crippen LogP contribution >= 0.6 is 11.6 Å². The predicted molar refractivity (Wildman–Crippen MR) is 87.9 cm³/mol. The van der Waals surface area contributed by atoms with E-state index >= 15 is 0 Å². The van der Waals surface area contributed by atoms with Crippen LogP contribution in [0.4, 0.5) is 5.69 Å². The highest BCUT2D eigenvalue weighted by atomic mass is 35.5. The summed E-state index contributed by atoms with van der Waals surface area (Å²) in [5.41, 5.74) is 2.33. The van der Waals surface area contributed by atoms with Gasteiger partial charge in [-0.25, -0.2) is 0 Å². The highest BCUT2D eigenvalue weighted by Gasteiger charge is 2.25. The Balaban J connectivity index is 2.09. The van der Waals surface area contributed by atoms with E-state index < -0.39 is 0 Å². The molecule has 0 aromatic heterocycles. The lowest BCUT2D eigenvalue weighted by Gasteiger charge is -2.23. The number of rotatable bonds is 6. The molecule has 1 aromatic carbocycles. The molecular formula is C16H24ClN3O. The normalized spacial score (nSPS) is 18.0. The molecule has 1 aromatic rings. The van der Waals surface area contributed by atoms with Gasteiger partial charge in [0.05, 0.1) is 0 Å². The Labute approximate surface area is 131 Å². The molecule has 5 heteroatoms. The van der Waals surface area contributed by atoms with Crippen LogP contribution in [0.2, 0.25) is 5.02 Å². The molecule has 1 aliphatic rings. The largest absolute Gasteiger partial charge is 0.369 e. The Hall–Kier alpha value is -1.26. The third kappa shape index (κ3) is 4.35. The topological polar surface area (TPSA) is 44.4 Å². The predicted octanol–water partition coefficient (Wildman–Crippen LogP) is 2.55. The van der Waals surface area contributed by atoms with Gasteiger partial charge in [-0.1, -0.05) is 24.6 Å². The van der Waals surface area contributed by atoms with Gasteiger partial charge in [-0.2, -0.15) is 0 Å². The fraction of sp³-hybridized carbons (Fsp3) is 0.562. The summed E-state index contributed by atoms with van der Waals surface area (Å²) in [5, 5.41) is 7.22. The second-order valence-electron chi connectivity index (χ2n) is 5.55. The van der Waals surface area contributed by atoms with Gasteiger partial charge >= 0.3 is 0 Å². The quantitative estimate of drug-likeness (QED) is 0.794. The van der Waals surface area contributed by atoms with Gasteiger partial charge < -0.3 is 15.5 Å². The third-order valence-electron chi connectivity index (χ3n) is 3.76. The summed E-state index contributed by atoms with van der Waals surface area (Å²) in [7, 11) is 0. The molecule has 116 valence electrons. The van der Waals surface area contributed by atoms with Gasteiger partial charge in [0.25, 0.3) is 0 Å². The van der Waals surface area contributed by atoms with Crippen molar-refractivity contribution in [3.63, 3.8) is 0 Å². The first-order chi connectivity index (χ1) is 10.1. The molecule has 0 aliphatic carbocycles. The summed E-state index contributed by atoms with van der Waals surface area (Å²) in [5.74, 6) is 0.0396. The molecule has 1 aliphatic heterocycles. The molecule has 1 fully saturated rings. The van der Waals surface area contributed by atoms with Crippen molar-refractivity contribution in [2.45, 2.75) is 39.3 Å². The fourth-order valence-corrected chi connectivity index (χ4v) is 3.03. The van der Waals surface area contributed by atoms with Crippen LogP contribution in [0.15, 0.2) is 18.2 Å². The van der Waals surface area contributed by atoms with E-state index in [0.717, 1.165) is 49.6 Å². The van der Waals surface area contributed by atoms with Crippen molar-refractivity contribution in [1.29, 1.82) is 0 Å². The van der Waals surface area contributed by atoms with Gasteiger partial charge in [0.1, 0.15) is 0 Å². The summed E-state index contributed by atoms with van der Waals surface area (Å²) < 4.78 is 0. The molecule has 4 nitrogen and oxygen atoms in total. The molecule has 1 amide bonds. The Morgan fingerprint density at radius 3 is 3.00 bits per heavy atom. The highest BCUT2D eigenvalue weighted by Crippen LogP contribution is 2.30. The van der Waals surface area contributed by atoms with E-state index in [4.69, 9.17) is 11.6 Å². The number of anilines is 1. The maximum absolute atomic E-state index is 11.2. The van der Waals surface area contributed by atoms with E-state index in [1.54, 1.807) is 6.92 Å². The number of nitrogens with zero attached hydrogens (tertiary/aromatic N) is 1. The van der Waals surface area contributed by atoms with Crippen LogP contribution in [-0.2, 0) is 11.3 Å². The number of halogens is 1. The number of hydrogen-bond acceptors (Lipinski definition) is 3. The summed E-state index contributed by atoms with van der Waals surface area (Å²) in [6, 6.07) is 6.28. The molecular weight excluding hydrogens is 286 g/mol. The number of amides is 1. The van der Waals surface area contributed by atoms with Gasteiger partial charge in [-0.3, -0.25) is 4.79 Å². The maximum Gasteiger partial charge on any atom is 0.217 e. The lowest BCUT2D eigenvalue weighted by atomic mass is 10.1. The average molecular weight is 310 g/mol. The second-order valence-corrected chi connectivity index (χ2v) is 5.95. The van der Waals surface area contributed by atoms with Crippen LogP contribution in [0.5, 0.6) is 0 Å². The molecule has 21 heavy (non-hydrogen) atoms. The van der Waals surface area contributed by atoms with Crippen molar-refractivity contribution in [2.75, 3.05) is 24.5 Å². The van der Waals surface area contributed by atoms with E-state index in [1.165, 1.54) is 5.69 Å². The molecule has 0 saturated carbocycles. The van der Waals surface area contributed by atoms with Crippen molar-refractivity contribution in [1.82, 2.24) is 10.6 Å². The fourth-order valence-electron chi connectivity index (χ4n) is 2.79. The molecule has 1 saturated heterocycles. The first-order valence-corrected chi connectivity index (χ1v) is 7.99. The summed E-state index contributed by atoms with van der Waals surface area (Å²) >= 11 is 6.37. The molecule has 1 heterocycles. The van der Waals surface area contributed by atoms with Crippen LogP contribution < -0.4 is 15.5 Å². The van der Waals surface area contributed by atoms with Crippen LogP contribution in [0, 0.1) is 0 Å². The minimum Gasteiger partial charge on any atom is -0.369 e. The summed E-state index contributed by atoms with van der Waals surface area (Å²) in [6.07, 6.45) is 2.09. The lowest BCUT2D eigenvalue weighted by molar-refractivity contribution is -0.119. The van der Waals surface area contributed by atoms with E-state index in [0.29, 0.717) is 0 Å². The monoisotopic (exact) mass is 309 g/mol. The first-order valence-electron chi connectivity index (χ1n) is 7.62. The molecule has 0 radical (unpaired) electrons. The zero-order valence-electron chi connectivity index (χ0n) is 12.8. The Kier molecular flexibility index (Phi) is 5.88.